The zero-order valence-electron chi connectivity index (χ0n) is 9.83. The van der Waals surface area contributed by atoms with Gasteiger partial charge >= 0.3 is 0 Å². The Labute approximate surface area is 87.0 Å². The zero-order valence-corrected chi connectivity index (χ0v) is 9.83. The molecular formula is C12H20N2. The third-order valence-electron chi connectivity index (χ3n) is 1.91. The van der Waals surface area contributed by atoms with Crippen molar-refractivity contribution in [3.8, 4) is 0 Å². The molecule has 78 valence electrons. The minimum Gasteiger partial charge on any atom is -0.331 e. The van der Waals surface area contributed by atoms with Crippen LogP contribution >= 0.6 is 0 Å². The highest BCUT2D eigenvalue weighted by Gasteiger charge is 2.04. The molecule has 1 aromatic heterocycles. The van der Waals surface area contributed by atoms with E-state index in [0.29, 0.717) is 0 Å². The molecule has 1 rings (SSSR count). The number of aryl methyl sites for hydroxylation is 1. The van der Waals surface area contributed by atoms with Crippen LogP contribution in [0.25, 0.3) is 12.2 Å². The quantitative estimate of drug-likeness (QED) is 0.702. The fraction of sp³-hybridized carbons (Fsp3) is 0.417. The first-order valence-corrected chi connectivity index (χ1v) is 4.99. The van der Waals surface area contributed by atoms with E-state index >= 15 is 0 Å². The lowest BCUT2D eigenvalue weighted by Crippen LogP contribution is -1.93. The topological polar surface area (TPSA) is 17.8 Å². The van der Waals surface area contributed by atoms with Gasteiger partial charge in [-0.25, -0.2) is 4.98 Å². The van der Waals surface area contributed by atoms with E-state index in [-0.39, 0.29) is 0 Å². The normalized spacial score (nSPS) is 9.79. The maximum absolute atomic E-state index is 4.38. The average molecular weight is 192 g/mol. The lowest BCUT2D eigenvalue weighted by Gasteiger charge is -1.96. The second kappa shape index (κ2) is 6.19. The van der Waals surface area contributed by atoms with Gasteiger partial charge in [-0.1, -0.05) is 26.5 Å². The lowest BCUT2D eigenvalue weighted by molar-refractivity contribution is 0.849. The molecule has 0 spiro atoms. The molecule has 0 N–H and O–H groups in total. The predicted octanol–water partition coefficient (Wildman–Crippen LogP) is 3.43. The summed E-state index contributed by atoms with van der Waals surface area (Å²) < 4.78 is 2.03. The van der Waals surface area contributed by atoms with Gasteiger partial charge in [0, 0.05) is 7.05 Å². The summed E-state index contributed by atoms with van der Waals surface area (Å²) >= 11 is 0. The van der Waals surface area contributed by atoms with Gasteiger partial charge in [-0.05, 0) is 26.0 Å². The van der Waals surface area contributed by atoms with Crippen molar-refractivity contribution in [2.24, 2.45) is 7.05 Å². The molecule has 0 aliphatic rings. The van der Waals surface area contributed by atoms with Crippen molar-refractivity contribution < 1.29 is 0 Å². The smallest absolute Gasteiger partial charge is 0.106 e. The van der Waals surface area contributed by atoms with Crippen molar-refractivity contribution in [1.82, 2.24) is 9.55 Å². The lowest BCUT2D eigenvalue weighted by atomic mass is 10.3. The van der Waals surface area contributed by atoms with Crippen LogP contribution in [0.2, 0.25) is 0 Å². The van der Waals surface area contributed by atoms with E-state index in [1.165, 1.54) is 0 Å². The summed E-state index contributed by atoms with van der Waals surface area (Å²) in [4.78, 5) is 4.38. The Kier molecular flexibility index (Phi) is 5.61. The largest absolute Gasteiger partial charge is 0.331 e. The molecule has 0 unspecified atom stereocenters. The SMILES string of the molecule is C=Cc1c(/C=C\C)nc(C)n1C.CC. The van der Waals surface area contributed by atoms with Crippen LogP contribution < -0.4 is 0 Å². The minimum absolute atomic E-state index is 0.993. The zero-order chi connectivity index (χ0) is 11.1. The number of hydrogen-bond donors (Lipinski definition) is 0. The van der Waals surface area contributed by atoms with Crippen molar-refractivity contribution in [3.63, 3.8) is 0 Å². The van der Waals surface area contributed by atoms with Crippen molar-refractivity contribution in [2.45, 2.75) is 27.7 Å². The highest BCUT2D eigenvalue weighted by molar-refractivity contribution is 5.59. The minimum atomic E-state index is 0.993. The van der Waals surface area contributed by atoms with Gasteiger partial charge in [0.15, 0.2) is 0 Å². The van der Waals surface area contributed by atoms with Crippen LogP contribution in [-0.2, 0) is 7.05 Å². The summed E-state index contributed by atoms with van der Waals surface area (Å²) in [6.45, 7) is 11.7. The molecule has 0 atom stereocenters. The van der Waals surface area contributed by atoms with Gasteiger partial charge in [0.1, 0.15) is 5.82 Å². The van der Waals surface area contributed by atoms with E-state index in [1.807, 2.05) is 57.5 Å². The van der Waals surface area contributed by atoms with Crippen molar-refractivity contribution in [2.75, 3.05) is 0 Å². The predicted molar refractivity (Wildman–Crippen MR) is 64.1 cm³/mol. The number of nitrogens with zero attached hydrogens (tertiary/aromatic N) is 2. The third-order valence-corrected chi connectivity index (χ3v) is 1.91. The van der Waals surface area contributed by atoms with Crippen molar-refractivity contribution in [1.29, 1.82) is 0 Å². The van der Waals surface area contributed by atoms with Crippen molar-refractivity contribution in [3.05, 3.63) is 29.9 Å². The molecule has 14 heavy (non-hydrogen) atoms. The van der Waals surface area contributed by atoms with E-state index in [1.54, 1.807) is 0 Å². The molecule has 0 bridgehead atoms. The third kappa shape index (κ3) is 2.59. The Hall–Kier alpha value is -1.31. The summed E-state index contributed by atoms with van der Waals surface area (Å²) in [6.07, 6.45) is 5.80. The van der Waals surface area contributed by atoms with Crippen molar-refractivity contribution >= 4 is 12.2 Å². The van der Waals surface area contributed by atoms with Gasteiger partial charge < -0.3 is 4.57 Å². The van der Waals surface area contributed by atoms with Gasteiger partial charge in [-0.3, -0.25) is 0 Å². The van der Waals surface area contributed by atoms with Crippen LogP contribution in [0.3, 0.4) is 0 Å². The number of allylic oxidation sites excluding steroid dienone is 1. The first-order valence-electron chi connectivity index (χ1n) is 4.99. The summed E-state index contributed by atoms with van der Waals surface area (Å²) in [6, 6.07) is 0. The first-order chi connectivity index (χ1) is 6.70. The van der Waals surface area contributed by atoms with Gasteiger partial charge in [-0.15, -0.1) is 0 Å². The fourth-order valence-corrected chi connectivity index (χ4v) is 1.17. The van der Waals surface area contributed by atoms with Gasteiger partial charge in [-0.2, -0.15) is 0 Å². The Morgan fingerprint density at radius 2 is 1.93 bits per heavy atom. The molecule has 0 saturated heterocycles. The average Bonchev–Trinajstić information content (AvgIpc) is 2.46. The van der Waals surface area contributed by atoms with Gasteiger partial charge in [0.05, 0.1) is 11.4 Å². The highest BCUT2D eigenvalue weighted by atomic mass is 15.1. The van der Waals surface area contributed by atoms with Crippen LogP contribution in [0.4, 0.5) is 0 Å². The molecule has 0 aliphatic heterocycles. The fourth-order valence-electron chi connectivity index (χ4n) is 1.17. The molecule has 1 aromatic rings. The van der Waals surface area contributed by atoms with Crippen LogP contribution in [-0.4, -0.2) is 9.55 Å². The number of hydrogen-bond acceptors (Lipinski definition) is 1. The molecule has 0 saturated carbocycles. The van der Waals surface area contributed by atoms with E-state index in [4.69, 9.17) is 0 Å². The van der Waals surface area contributed by atoms with E-state index in [0.717, 1.165) is 17.2 Å². The van der Waals surface area contributed by atoms with Crippen LogP contribution in [0.15, 0.2) is 12.7 Å². The molecule has 2 heteroatoms. The first kappa shape index (κ1) is 12.7. The summed E-state index contributed by atoms with van der Waals surface area (Å²) in [7, 11) is 1.99. The second-order valence-corrected chi connectivity index (χ2v) is 2.69. The molecule has 2 nitrogen and oxygen atoms in total. The molecule has 0 aliphatic carbocycles. The standard InChI is InChI=1S/C10H14N2.C2H6/c1-5-7-9-10(6-2)12(4)8(3)11-9;1-2/h5-7H,2H2,1,3-4H3;1-2H3/b7-5-;. The molecule has 0 radical (unpaired) electrons. The maximum Gasteiger partial charge on any atom is 0.106 e. The molecular weight excluding hydrogens is 172 g/mol. The van der Waals surface area contributed by atoms with E-state index in [9.17, 15) is 0 Å². The summed E-state index contributed by atoms with van der Waals surface area (Å²) in [5.41, 5.74) is 2.07. The Balaban J connectivity index is 0.000000791. The van der Waals surface area contributed by atoms with Crippen LogP contribution in [0.1, 0.15) is 38.0 Å². The molecule has 1 heterocycles. The number of rotatable bonds is 2. The maximum atomic E-state index is 4.38. The number of imidazole rings is 1. The van der Waals surface area contributed by atoms with Crippen LogP contribution in [0.5, 0.6) is 0 Å². The number of aromatic nitrogens is 2. The Bertz CT molecular complexity index is 319. The monoisotopic (exact) mass is 192 g/mol. The highest BCUT2D eigenvalue weighted by Crippen LogP contribution is 2.12. The summed E-state index contributed by atoms with van der Waals surface area (Å²) in [5, 5.41) is 0. The van der Waals surface area contributed by atoms with Gasteiger partial charge in [0.2, 0.25) is 0 Å². The van der Waals surface area contributed by atoms with Crippen LogP contribution in [0, 0.1) is 6.92 Å². The Morgan fingerprint density at radius 1 is 1.36 bits per heavy atom. The van der Waals surface area contributed by atoms with Gasteiger partial charge in [0.25, 0.3) is 0 Å². The molecule has 0 fully saturated rings. The van der Waals surface area contributed by atoms with E-state index in [2.05, 4.69) is 11.6 Å². The van der Waals surface area contributed by atoms with E-state index < -0.39 is 0 Å². The second-order valence-electron chi connectivity index (χ2n) is 2.69. The molecule has 0 amide bonds. The molecule has 0 aromatic carbocycles. The summed E-state index contributed by atoms with van der Waals surface area (Å²) in [5.74, 6) is 1.01. The Morgan fingerprint density at radius 3 is 2.36 bits per heavy atom.